The van der Waals surface area contributed by atoms with Crippen molar-refractivity contribution in [2.45, 2.75) is 42.0 Å². The molecule has 3 atom stereocenters. The second-order valence-electron chi connectivity index (χ2n) is 5.94. The fraction of sp³-hybridized carbons (Fsp3) is 0.562. The summed E-state index contributed by atoms with van der Waals surface area (Å²) in [6.07, 6.45) is -1.46. The van der Waals surface area contributed by atoms with Crippen LogP contribution in [-0.4, -0.2) is 59.9 Å². The third-order valence-electron chi connectivity index (χ3n) is 3.41. The van der Waals surface area contributed by atoms with Crippen LogP contribution in [0.2, 0.25) is 0 Å². The number of benzene rings is 1. The fourth-order valence-electron chi connectivity index (χ4n) is 2.25. The number of aliphatic hydroxyl groups is 1. The Bertz CT molecular complexity index is 506. The zero-order valence-electron chi connectivity index (χ0n) is 13.4. The van der Waals surface area contributed by atoms with Crippen molar-refractivity contribution in [2.24, 2.45) is 0 Å². The summed E-state index contributed by atoms with van der Waals surface area (Å²) in [5.74, 6) is -0.871. The lowest BCUT2D eigenvalue weighted by atomic mass is 10.1. The molecule has 1 fully saturated rings. The van der Waals surface area contributed by atoms with Crippen LogP contribution in [0.4, 0.5) is 0 Å². The molecule has 22 heavy (non-hydrogen) atoms. The predicted molar refractivity (Wildman–Crippen MR) is 85.7 cm³/mol. The van der Waals surface area contributed by atoms with E-state index in [0.29, 0.717) is 0 Å². The number of hydrogen-bond donors (Lipinski definition) is 1. The van der Waals surface area contributed by atoms with Gasteiger partial charge in [0, 0.05) is 19.0 Å². The van der Waals surface area contributed by atoms with Crippen LogP contribution >= 0.6 is 11.8 Å². The SMILES string of the molecule is CN(C)C(=O)[C@@H](Sc1ccccc1)[C@H](O)[C@H]1COC(C)(C)O1. The van der Waals surface area contributed by atoms with E-state index >= 15 is 0 Å². The van der Waals surface area contributed by atoms with Gasteiger partial charge in [-0.15, -0.1) is 11.8 Å². The minimum Gasteiger partial charge on any atom is -0.389 e. The van der Waals surface area contributed by atoms with Crippen LogP contribution in [0, 0.1) is 0 Å². The standard InChI is InChI=1S/C16H23NO4S/c1-16(2)20-10-12(21-16)13(18)14(15(19)17(3)4)22-11-8-6-5-7-9-11/h5-9,12-14,18H,10H2,1-4H3/t12-,13-,14+/m1/s1. The Morgan fingerprint density at radius 3 is 2.50 bits per heavy atom. The van der Waals surface area contributed by atoms with Crippen molar-refractivity contribution in [3.8, 4) is 0 Å². The third-order valence-corrected chi connectivity index (χ3v) is 4.69. The lowest BCUT2D eigenvalue weighted by molar-refractivity contribution is -0.154. The first-order valence-corrected chi connectivity index (χ1v) is 8.11. The van der Waals surface area contributed by atoms with Gasteiger partial charge in [-0.05, 0) is 26.0 Å². The van der Waals surface area contributed by atoms with E-state index in [4.69, 9.17) is 9.47 Å². The van der Waals surface area contributed by atoms with Gasteiger partial charge in [0.1, 0.15) is 17.5 Å². The highest BCUT2D eigenvalue weighted by Gasteiger charge is 2.42. The van der Waals surface area contributed by atoms with Crippen LogP contribution in [0.5, 0.6) is 0 Å². The topological polar surface area (TPSA) is 59.0 Å². The molecule has 1 aliphatic heterocycles. The highest BCUT2D eigenvalue weighted by atomic mass is 32.2. The summed E-state index contributed by atoms with van der Waals surface area (Å²) in [4.78, 5) is 14.9. The lowest BCUT2D eigenvalue weighted by Crippen LogP contribution is -2.46. The number of thioether (sulfide) groups is 1. The average Bonchev–Trinajstić information content (AvgIpc) is 2.84. The van der Waals surface area contributed by atoms with Gasteiger partial charge in [0.25, 0.3) is 0 Å². The van der Waals surface area contributed by atoms with Crippen molar-refractivity contribution in [3.05, 3.63) is 30.3 Å². The molecule has 1 saturated heterocycles. The largest absolute Gasteiger partial charge is 0.389 e. The van der Waals surface area contributed by atoms with Gasteiger partial charge in [0.05, 0.1) is 6.61 Å². The quantitative estimate of drug-likeness (QED) is 0.836. The van der Waals surface area contributed by atoms with E-state index < -0.39 is 23.2 Å². The number of carbonyl (C=O) groups is 1. The summed E-state index contributed by atoms with van der Waals surface area (Å²) in [7, 11) is 3.37. The molecule has 6 heteroatoms. The minimum atomic E-state index is -0.943. The number of amides is 1. The van der Waals surface area contributed by atoms with Crippen molar-refractivity contribution in [1.82, 2.24) is 4.90 Å². The molecule has 0 saturated carbocycles. The average molecular weight is 325 g/mol. The maximum Gasteiger partial charge on any atom is 0.238 e. The highest BCUT2D eigenvalue weighted by molar-refractivity contribution is 8.00. The molecule has 1 aromatic carbocycles. The number of aliphatic hydroxyl groups excluding tert-OH is 1. The van der Waals surface area contributed by atoms with Crippen LogP contribution in [0.3, 0.4) is 0 Å². The number of rotatable bonds is 5. The van der Waals surface area contributed by atoms with E-state index in [9.17, 15) is 9.90 Å². The molecular formula is C16H23NO4S. The second kappa shape index (κ2) is 7.00. The van der Waals surface area contributed by atoms with Crippen LogP contribution in [0.1, 0.15) is 13.8 Å². The molecule has 0 bridgehead atoms. The minimum absolute atomic E-state index is 0.144. The number of carbonyl (C=O) groups excluding carboxylic acids is 1. The first-order valence-electron chi connectivity index (χ1n) is 7.23. The smallest absolute Gasteiger partial charge is 0.238 e. The van der Waals surface area contributed by atoms with Gasteiger partial charge in [-0.3, -0.25) is 4.79 Å². The molecular weight excluding hydrogens is 302 g/mol. The van der Waals surface area contributed by atoms with Gasteiger partial charge < -0.3 is 19.5 Å². The number of hydrogen-bond acceptors (Lipinski definition) is 5. The summed E-state index contributed by atoms with van der Waals surface area (Å²) >= 11 is 1.34. The molecule has 122 valence electrons. The Balaban J connectivity index is 2.15. The van der Waals surface area contributed by atoms with Crippen molar-refractivity contribution in [1.29, 1.82) is 0 Å². The molecule has 0 aromatic heterocycles. The van der Waals surface area contributed by atoms with E-state index in [1.807, 2.05) is 30.3 Å². The van der Waals surface area contributed by atoms with E-state index in [0.717, 1.165) is 4.90 Å². The first kappa shape index (κ1) is 17.3. The molecule has 1 aliphatic rings. The summed E-state index contributed by atoms with van der Waals surface area (Å²) in [5.41, 5.74) is 0. The van der Waals surface area contributed by atoms with Gasteiger partial charge >= 0.3 is 0 Å². The lowest BCUT2D eigenvalue weighted by Gasteiger charge is -2.28. The summed E-state index contributed by atoms with van der Waals surface area (Å²) in [6.45, 7) is 3.88. The Labute approximate surface area is 135 Å². The molecule has 2 rings (SSSR count). The maximum atomic E-state index is 12.5. The van der Waals surface area contributed by atoms with E-state index in [-0.39, 0.29) is 12.5 Å². The van der Waals surface area contributed by atoms with Crippen molar-refractivity contribution in [3.63, 3.8) is 0 Å². The summed E-state index contributed by atoms with van der Waals surface area (Å²) in [5, 5.41) is 10.0. The van der Waals surface area contributed by atoms with Crippen LogP contribution in [0.25, 0.3) is 0 Å². The molecule has 0 spiro atoms. The summed E-state index contributed by atoms with van der Waals surface area (Å²) in [6, 6.07) is 9.57. The monoisotopic (exact) mass is 325 g/mol. The Hall–Kier alpha value is -1.08. The molecule has 1 aromatic rings. The maximum absolute atomic E-state index is 12.5. The van der Waals surface area contributed by atoms with Gasteiger partial charge in [0.2, 0.25) is 5.91 Å². The number of ether oxygens (including phenoxy) is 2. The first-order chi connectivity index (χ1) is 10.3. The third kappa shape index (κ3) is 4.23. The van der Waals surface area contributed by atoms with Crippen LogP contribution < -0.4 is 0 Å². The summed E-state index contributed by atoms with van der Waals surface area (Å²) < 4.78 is 11.2. The van der Waals surface area contributed by atoms with Crippen molar-refractivity contribution < 1.29 is 19.4 Å². The Kier molecular flexibility index (Phi) is 5.50. The molecule has 0 unspecified atom stereocenters. The molecule has 1 heterocycles. The van der Waals surface area contributed by atoms with Crippen molar-refractivity contribution >= 4 is 17.7 Å². The molecule has 1 N–H and O–H groups in total. The molecule has 5 nitrogen and oxygen atoms in total. The normalized spacial score (nSPS) is 23.0. The zero-order chi connectivity index (χ0) is 16.3. The Morgan fingerprint density at radius 2 is 2.00 bits per heavy atom. The zero-order valence-corrected chi connectivity index (χ0v) is 14.2. The van der Waals surface area contributed by atoms with Crippen molar-refractivity contribution in [2.75, 3.05) is 20.7 Å². The highest BCUT2D eigenvalue weighted by Crippen LogP contribution is 2.32. The predicted octanol–water partition coefficient (Wildman–Crippen LogP) is 1.75. The van der Waals surface area contributed by atoms with Crippen LogP contribution in [0.15, 0.2) is 35.2 Å². The molecule has 0 radical (unpaired) electrons. The van der Waals surface area contributed by atoms with Gasteiger partial charge in [-0.2, -0.15) is 0 Å². The van der Waals surface area contributed by atoms with Gasteiger partial charge in [0.15, 0.2) is 5.79 Å². The molecule has 0 aliphatic carbocycles. The molecule has 1 amide bonds. The van der Waals surface area contributed by atoms with Crippen LogP contribution in [-0.2, 0) is 14.3 Å². The number of nitrogens with zero attached hydrogens (tertiary/aromatic N) is 1. The van der Waals surface area contributed by atoms with E-state index in [2.05, 4.69) is 0 Å². The van der Waals surface area contributed by atoms with E-state index in [1.54, 1.807) is 27.9 Å². The fourth-order valence-corrected chi connectivity index (χ4v) is 3.48. The van der Waals surface area contributed by atoms with Gasteiger partial charge in [-0.1, -0.05) is 18.2 Å². The van der Waals surface area contributed by atoms with Gasteiger partial charge in [-0.25, -0.2) is 0 Å². The Morgan fingerprint density at radius 1 is 1.36 bits per heavy atom. The second-order valence-corrected chi connectivity index (χ2v) is 7.16. The van der Waals surface area contributed by atoms with E-state index in [1.165, 1.54) is 16.7 Å².